The first kappa shape index (κ1) is 14.9. The quantitative estimate of drug-likeness (QED) is 0.843. The molecule has 0 saturated carbocycles. The van der Waals surface area contributed by atoms with Crippen LogP contribution in [0.5, 0.6) is 0 Å². The molecule has 0 saturated heterocycles. The van der Waals surface area contributed by atoms with Gasteiger partial charge in [0.05, 0.1) is 12.1 Å². The monoisotopic (exact) mass is 251 g/mol. The number of ether oxygens (including phenoxy) is 1. The zero-order valence-electron chi connectivity index (χ0n) is 12.0. The van der Waals surface area contributed by atoms with E-state index in [1.807, 2.05) is 26.1 Å². The fraction of sp³-hybridized carbons (Fsp3) is 0.643. The second kappa shape index (κ2) is 6.16. The Morgan fingerprint density at radius 3 is 2.56 bits per heavy atom. The van der Waals surface area contributed by atoms with Crippen LogP contribution in [-0.2, 0) is 4.74 Å². The molecule has 18 heavy (non-hydrogen) atoms. The molecule has 0 aromatic carbocycles. The highest BCUT2D eigenvalue weighted by Crippen LogP contribution is 2.34. The normalized spacial score (nSPS) is 15.4. The minimum atomic E-state index is 0.0198. The van der Waals surface area contributed by atoms with Gasteiger partial charge in [0.25, 0.3) is 0 Å². The summed E-state index contributed by atoms with van der Waals surface area (Å²) in [5.74, 6) is 0.561. The van der Waals surface area contributed by atoms with E-state index in [2.05, 4.69) is 31.1 Å². The van der Waals surface area contributed by atoms with Crippen LogP contribution < -0.4 is 11.1 Å². The van der Waals surface area contributed by atoms with E-state index in [0.29, 0.717) is 12.4 Å². The van der Waals surface area contributed by atoms with Gasteiger partial charge < -0.3 is 15.8 Å². The highest BCUT2D eigenvalue weighted by atomic mass is 16.5. The summed E-state index contributed by atoms with van der Waals surface area (Å²) in [6, 6.07) is 3.95. The molecule has 1 heterocycles. The van der Waals surface area contributed by atoms with Gasteiger partial charge in [-0.05, 0) is 25.5 Å². The number of nitrogens with zero attached hydrogens (tertiary/aromatic N) is 1. The SMILES string of the molecule is CCOC(C(NC)c1cccnc1N)C(C)(C)C. The molecule has 1 rings (SSSR count). The molecule has 2 unspecified atom stereocenters. The molecule has 4 heteroatoms. The largest absolute Gasteiger partial charge is 0.383 e. The fourth-order valence-electron chi connectivity index (χ4n) is 2.19. The Morgan fingerprint density at radius 2 is 2.11 bits per heavy atom. The lowest BCUT2D eigenvalue weighted by atomic mass is 9.82. The number of nitrogens with two attached hydrogens (primary N) is 1. The highest BCUT2D eigenvalue weighted by molar-refractivity contribution is 5.41. The summed E-state index contributed by atoms with van der Waals surface area (Å²) in [7, 11) is 1.93. The smallest absolute Gasteiger partial charge is 0.128 e. The number of rotatable bonds is 5. The average Bonchev–Trinajstić information content (AvgIpc) is 2.30. The molecule has 0 aliphatic carbocycles. The van der Waals surface area contributed by atoms with Crippen LogP contribution in [0.1, 0.15) is 39.3 Å². The fourth-order valence-corrected chi connectivity index (χ4v) is 2.19. The van der Waals surface area contributed by atoms with Crippen LogP contribution in [0.3, 0.4) is 0 Å². The minimum absolute atomic E-state index is 0.0198. The number of anilines is 1. The topological polar surface area (TPSA) is 60.2 Å². The lowest BCUT2D eigenvalue weighted by Crippen LogP contribution is -2.41. The molecule has 0 amide bonds. The maximum atomic E-state index is 5.97. The van der Waals surface area contributed by atoms with Gasteiger partial charge in [0.1, 0.15) is 5.82 Å². The van der Waals surface area contributed by atoms with Crippen molar-refractivity contribution < 1.29 is 4.74 Å². The van der Waals surface area contributed by atoms with Gasteiger partial charge in [-0.15, -0.1) is 0 Å². The lowest BCUT2D eigenvalue weighted by molar-refractivity contribution is -0.0349. The highest BCUT2D eigenvalue weighted by Gasteiger charge is 2.34. The van der Waals surface area contributed by atoms with Gasteiger partial charge in [-0.3, -0.25) is 0 Å². The van der Waals surface area contributed by atoms with Crippen LogP contribution in [0.15, 0.2) is 18.3 Å². The summed E-state index contributed by atoms with van der Waals surface area (Å²) in [6.07, 6.45) is 1.75. The molecule has 102 valence electrons. The molecule has 1 aromatic rings. The molecule has 4 nitrogen and oxygen atoms in total. The minimum Gasteiger partial charge on any atom is -0.383 e. The second-order valence-electron chi connectivity index (χ2n) is 5.49. The van der Waals surface area contributed by atoms with E-state index in [1.54, 1.807) is 6.20 Å². The van der Waals surface area contributed by atoms with E-state index >= 15 is 0 Å². The lowest BCUT2D eigenvalue weighted by Gasteiger charge is -2.37. The zero-order chi connectivity index (χ0) is 13.8. The third-order valence-electron chi connectivity index (χ3n) is 3.02. The first-order valence-electron chi connectivity index (χ1n) is 6.41. The average molecular weight is 251 g/mol. The molecule has 0 radical (unpaired) electrons. The molecule has 2 atom stereocenters. The van der Waals surface area contributed by atoms with Gasteiger partial charge in [-0.2, -0.15) is 0 Å². The van der Waals surface area contributed by atoms with Crippen LogP contribution in [0, 0.1) is 5.41 Å². The van der Waals surface area contributed by atoms with Crippen molar-refractivity contribution in [2.45, 2.75) is 39.8 Å². The van der Waals surface area contributed by atoms with E-state index in [0.717, 1.165) is 5.56 Å². The van der Waals surface area contributed by atoms with Crippen molar-refractivity contribution in [2.75, 3.05) is 19.4 Å². The molecule has 0 spiro atoms. The summed E-state index contributed by atoms with van der Waals surface area (Å²) in [5, 5.41) is 3.31. The Balaban J connectivity index is 3.10. The number of pyridine rings is 1. The van der Waals surface area contributed by atoms with Crippen LogP contribution in [0.25, 0.3) is 0 Å². The van der Waals surface area contributed by atoms with Gasteiger partial charge in [0.15, 0.2) is 0 Å². The number of nitrogens with one attached hydrogen (secondary N) is 1. The van der Waals surface area contributed by atoms with Crippen molar-refractivity contribution in [3.63, 3.8) is 0 Å². The van der Waals surface area contributed by atoms with Crippen LogP contribution >= 0.6 is 0 Å². The first-order valence-corrected chi connectivity index (χ1v) is 6.41. The number of hydrogen-bond acceptors (Lipinski definition) is 4. The second-order valence-corrected chi connectivity index (χ2v) is 5.49. The summed E-state index contributed by atoms with van der Waals surface area (Å²) in [4.78, 5) is 4.15. The molecule has 0 aliphatic heterocycles. The molecule has 0 bridgehead atoms. The van der Waals surface area contributed by atoms with Crippen LogP contribution in [-0.4, -0.2) is 24.7 Å². The van der Waals surface area contributed by atoms with Crippen molar-refractivity contribution in [1.82, 2.24) is 10.3 Å². The third-order valence-corrected chi connectivity index (χ3v) is 3.02. The Bertz CT molecular complexity index is 374. The summed E-state index contributed by atoms with van der Waals surface area (Å²) in [5.41, 5.74) is 6.98. The van der Waals surface area contributed by atoms with Crippen LogP contribution in [0.4, 0.5) is 5.82 Å². The maximum Gasteiger partial charge on any atom is 0.128 e. The van der Waals surface area contributed by atoms with Crippen molar-refractivity contribution >= 4 is 5.82 Å². The molecule has 0 aliphatic rings. The molecule has 3 N–H and O–H groups in total. The Labute approximate surface area is 110 Å². The van der Waals surface area contributed by atoms with Crippen molar-refractivity contribution in [2.24, 2.45) is 5.41 Å². The Morgan fingerprint density at radius 1 is 1.44 bits per heavy atom. The van der Waals surface area contributed by atoms with E-state index in [4.69, 9.17) is 10.5 Å². The van der Waals surface area contributed by atoms with Crippen molar-refractivity contribution in [3.05, 3.63) is 23.9 Å². The van der Waals surface area contributed by atoms with E-state index in [1.165, 1.54) is 0 Å². The van der Waals surface area contributed by atoms with Gasteiger partial charge in [0, 0.05) is 18.4 Å². The standard InChI is InChI=1S/C14H25N3O/c1-6-18-12(14(2,3)4)11(16-5)10-8-7-9-17-13(10)15/h7-9,11-12,16H,6H2,1-5H3,(H2,15,17). The van der Waals surface area contributed by atoms with E-state index in [9.17, 15) is 0 Å². The van der Waals surface area contributed by atoms with Crippen molar-refractivity contribution in [3.8, 4) is 0 Å². The van der Waals surface area contributed by atoms with Gasteiger partial charge >= 0.3 is 0 Å². The van der Waals surface area contributed by atoms with Crippen molar-refractivity contribution in [1.29, 1.82) is 0 Å². The number of aromatic nitrogens is 1. The summed E-state index contributed by atoms with van der Waals surface area (Å²) < 4.78 is 5.92. The maximum absolute atomic E-state index is 5.97. The molecule has 1 aromatic heterocycles. The van der Waals surface area contributed by atoms with Gasteiger partial charge in [-0.25, -0.2) is 4.98 Å². The zero-order valence-corrected chi connectivity index (χ0v) is 12.0. The van der Waals surface area contributed by atoms with E-state index < -0.39 is 0 Å². The predicted octanol–water partition coefficient (Wildman–Crippen LogP) is 2.38. The summed E-state index contributed by atoms with van der Waals surface area (Å²) >= 11 is 0. The Hall–Kier alpha value is -1.13. The number of likely N-dealkylation sites (N-methyl/N-ethyl adjacent to an activating group) is 1. The predicted molar refractivity (Wildman–Crippen MR) is 75.3 cm³/mol. The van der Waals surface area contributed by atoms with E-state index in [-0.39, 0.29) is 17.6 Å². The molecular weight excluding hydrogens is 226 g/mol. The third kappa shape index (κ3) is 3.43. The number of nitrogen functional groups attached to an aromatic ring is 1. The first-order chi connectivity index (χ1) is 8.41. The summed E-state index contributed by atoms with van der Waals surface area (Å²) in [6.45, 7) is 9.21. The molecular formula is C14H25N3O. The Kier molecular flexibility index (Phi) is 5.11. The van der Waals surface area contributed by atoms with Crippen LogP contribution in [0.2, 0.25) is 0 Å². The van der Waals surface area contributed by atoms with Gasteiger partial charge in [-0.1, -0.05) is 26.8 Å². The molecule has 0 fully saturated rings. The van der Waals surface area contributed by atoms with Gasteiger partial charge in [0.2, 0.25) is 0 Å². The number of hydrogen-bond donors (Lipinski definition) is 2.